The van der Waals surface area contributed by atoms with E-state index in [9.17, 15) is 31.1 Å². The lowest BCUT2D eigenvalue weighted by Crippen LogP contribution is -2.45. The summed E-state index contributed by atoms with van der Waals surface area (Å²) < 4.78 is 76.6. The molecule has 17 heteroatoms. The number of carboxylic acid groups (broad SMARTS) is 1. The van der Waals surface area contributed by atoms with Crippen molar-refractivity contribution < 1.29 is 45.8 Å². The van der Waals surface area contributed by atoms with Crippen molar-refractivity contribution in [3.8, 4) is 11.5 Å². The van der Waals surface area contributed by atoms with E-state index >= 15 is 0 Å². The number of benzene rings is 2. The molecule has 48 heavy (non-hydrogen) atoms. The van der Waals surface area contributed by atoms with Gasteiger partial charge in [-0.05, 0) is 81.9 Å². The van der Waals surface area contributed by atoms with E-state index in [0.717, 1.165) is 38.1 Å². The number of carboxylic acids is 1. The van der Waals surface area contributed by atoms with E-state index in [0.29, 0.717) is 41.4 Å². The highest BCUT2D eigenvalue weighted by Gasteiger charge is 2.38. The third kappa shape index (κ3) is 9.50. The molecule has 2 aliphatic heterocycles. The highest BCUT2D eigenvalue weighted by Crippen LogP contribution is 2.37. The van der Waals surface area contributed by atoms with Crippen LogP contribution in [0.25, 0.3) is 6.08 Å². The van der Waals surface area contributed by atoms with Gasteiger partial charge < -0.3 is 30.3 Å². The van der Waals surface area contributed by atoms with Crippen LogP contribution in [0, 0.1) is 0 Å². The Morgan fingerprint density at radius 2 is 1.77 bits per heavy atom. The molecule has 0 bridgehead atoms. The van der Waals surface area contributed by atoms with Crippen molar-refractivity contribution in [1.82, 2.24) is 19.8 Å². The zero-order valence-corrected chi connectivity index (χ0v) is 26.4. The third-order valence-electron chi connectivity index (χ3n) is 7.55. The molecule has 3 aromatic rings. The molecule has 1 aromatic heterocycles. The summed E-state index contributed by atoms with van der Waals surface area (Å²) in [7, 11) is 3.96. The first-order chi connectivity index (χ1) is 22.5. The number of nitrogens with one attached hydrogen (secondary N) is 2. The van der Waals surface area contributed by atoms with Gasteiger partial charge in [-0.2, -0.15) is 26.3 Å². The summed E-state index contributed by atoms with van der Waals surface area (Å²) in [5, 5.41) is 13.8. The van der Waals surface area contributed by atoms with Gasteiger partial charge in [0.25, 0.3) is 0 Å². The van der Waals surface area contributed by atoms with Crippen LogP contribution in [0.15, 0.2) is 54.4 Å². The van der Waals surface area contributed by atoms with Gasteiger partial charge in [0.2, 0.25) is 5.91 Å². The molecule has 2 aromatic carbocycles. The fourth-order valence-corrected chi connectivity index (χ4v) is 5.16. The minimum Gasteiger partial charge on any atom is -0.475 e. The monoisotopic (exact) mass is 700 g/mol. The fourth-order valence-electron chi connectivity index (χ4n) is 4.94. The van der Waals surface area contributed by atoms with Crippen molar-refractivity contribution in [2.45, 2.75) is 37.7 Å². The highest BCUT2D eigenvalue weighted by molar-refractivity contribution is 6.32. The van der Waals surface area contributed by atoms with E-state index in [1.165, 1.54) is 18.5 Å². The average molecular weight is 701 g/mol. The third-order valence-corrected chi connectivity index (χ3v) is 7.84. The van der Waals surface area contributed by atoms with E-state index in [1.807, 2.05) is 18.0 Å². The Balaban J connectivity index is 0.000000671. The van der Waals surface area contributed by atoms with Crippen LogP contribution < -0.4 is 15.4 Å². The number of carbonyl (C=O) groups is 2. The van der Waals surface area contributed by atoms with Gasteiger partial charge in [-0.1, -0.05) is 17.7 Å². The summed E-state index contributed by atoms with van der Waals surface area (Å²) in [4.78, 5) is 35.3. The summed E-state index contributed by atoms with van der Waals surface area (Å²) in [5.41, 5.74) is 1.07. The molecule has 1 saturated heterocycles. The topological polar surface area (TPSA) is 120 Å². The molecule has 3 heterocycles. The van der Waals surface area contributed by atoms with Crippen LogP contribution in [0.4, 0.5) is 43.7 Å². The van der Waals surface area contributed by atoms with E-state index in [2.05, 4.69) is 32.5 Å². The number of alkyl halides is 6. The summed E-state index contributed by atoms with van der Waals surface area (Å²) in [5.74, 6) is -1.48. The lowest BCUT2D eigenvalue weighted by molar-refractivity contribution is -0.192. The van der Waals surface area contributed by atoms with Gasteiger partial charge in [0.15, 0.2) is 0 Å². The van der Waals surface area contributed by atoms with Gasteiger partial charge in [0.05, 0.1) is 16.1 Å². The predicted molar refractivity (Wildman–Crippen MR) is 166 cm³/mol. The molecule has 1 amide bonds. The number of halogens is 7. The van der Waals surface area contributed by atoms with E-state index in [-0.39, 0.29) is 28.5 Å². The fraction of sp³-hybridized carbons (Fsp3) is 0.355. The van der Waals surface area contributed by atoms with Gasteiger partial charge in [-0.3, -0.25) is 4.79 Å². The molecule has 0 radical (unpaired) electrons. The molecular formula is C31H31ClF6N6O4. The zero-order valence-electron chi connectivity index (χ0n) is 25.6. The molecule has 0 unspecified atom stereocenters. The van der Waals surface area contributed by atoms with Crippen molar-refractivity contribution in [2.24, 2.45) is 0 Å². The first-order valence-electron chi connectivity index (χ1n) is 14.5. The molecule has 0 atom stereocenters. The van der Waals surface area contributed by atoms with Crippen molar-refractivity contribution in [3.63, 3.8) is 0 Å². The van der Waals surface area contributed by atoms with Crippen molar-refractivity contribution in [3.05, 3.63) is 70.5 Å². The smallest absolute Gasteiger partial charge is 0.475 e. The van der Waals surface area contributed by atoms with Gasteiger partial charge in [-0.15, -0.1) is 0 Å². The summed E-state index contributed by atoms with van der Waals surface area (Å²) in [6, 6.07) is 9.61. The van der Waals surface area contributed by atoms with Crippen molar-refractivity contribution >= 4 is 46.9 Å². The first kappa shape index (κ1) is 36.3. The number of amides is 1. The average Bonchev–Trinajstić information content (AvgIpc) is 3.25. The number of piperidine rings is 1. The van der Waals surface area contributed by atoms with Crippen LogP contribution in [0.3, 0.4) is 0 Å². The summed E-state index contributed by atoms with van der Waals surface area (Å²) in [6.07, 6.45) is -3.90. The molecule has 5 rings (SSSR count). The largest absolute Gasteiger partial charge is 0.490 e. The lowest BCUT2D eigenvalue weighted by Gasteiger charge is -2.35. The first-order valence-corrected chi connectivity index (χ1v) is 14.9. The number of anilines is 3. The lowest BCUT2D eigenvalue weighted by atomic mass is 10.0. The Bertz CT molecular complexity index is 1660. The van der Waals surface area contributed by atoms with Crippen LogP contribution in [-0.4, -0.2) is 82.7 Å². The number of rotatable bonds is 6. The van der Waals surface area contributed by atoms with E-state index in [4.69, 9.17) is 26.2 Å². The number of hydrogen-bond donors (Lipinski definition) is 3. The standard InChI is InChI=1S/C29H30ClF3N6O2.C2HF3O2/c1-38-12-9-21(10-13-38)39(2)28(40)18-8-11-34-26-23(14-18)27(36-17-35-26)37-20-6-7-25(24(30)16-20)41-22-5-3-4-19(15-22)29(31,32)33;3-2(4,5)1(6)7/h3-7,14-17,21H,8-13H2,1-2H3,(H2,34,35,36,37);(H,6,7). The van der Waals surface area contributed by atoms with Crippen molar-refractivity contribution in [1.29, 1.82) is 0 Å². The van der Waals surface area contributed by atoms with Gasteiger partial charge in [-0.25, -0.2) is 14.8 Å². The molecule has 2 aliphatic rings. The van der Waals surface area contributed by atoms with Crippen LogP contribution in [0.1, 0.15) is 30.4 Å². The van der Waals surface area contributed by atoms with Crippen molar-refractivity contribution in [2.75, 3.05) is 44.4 Å². The molecular weight excluding hydrogens is 670 g/mol. The number of carbonyl (C=O) groups excluding carboxylic acids is 1. The van der Waals surface area contributed by atoms with E-state index < -0.39 is 23.9 Å². The van der Waals surface area contributed by atoms with Gasteiger partial charge in [0, 0.05) is 30.9 Å². The Hall–Kier alpha value is -4.57. The number of likely N-dealkylation sites (tertiary alicyclic amines) is 1. The van der Waals surface area contributed by atoms with Crippen LogP contribution in [0.2, 0.25) is 5.02 Å². The minimum absolute atomic E-state index is 0.0110. The Labute approximate surface area is 276 Å². The number of aromatic nitrogens is 2. The quantitative estimate of drug-likeness (QED) is 0.232. The number of fused-ring (bicyclic) bond motifs is 1. The second kappa shape index (κ2) is 15.1. The Morgan fingerprint density at radius 3 is 2.40 bits per heavy atom. The molecule has 3 N–H and O–H groups in total. The number of nitrogens with zero attached hydrogens (tertiary/aromatic N) is 4. The molecule has 0 saturated carbocycles. The minimum atomic E-state index is -5.08. The zero-order chi connectivity index (χ0) is 35.2. The van der Waals surface area contributed by atoms with Gasteiger partial charge in [0.1, 0.15) is 29.5 Å². The second-order valence-corrected chi connectivity index (χ2v) is 11.4. The normalized spacial score (nSPS) is 15.5. The maximum atomic E-state index is 13.5. The summed E-state index contributed by atoms with van der Waals surface area (Å²) >= 11 is 6.43. The Kier molecular flexibility index (Phi) is 11.4. The van der Waals surface area contributed by atoms with Crippen LogP contribution in [-0.2, 0) is 15.8 Å². The number of hydrogen-bond acceptors (Lipinski definition) is 8. The van der Waals surface area contributed by atoms with Crippen LogP contribution >= 0.6 is 11.6 Å². The van der Waals surface area contributed by atoms with Crippen LogP contribution in [0.5, 0.6) is 11.5 Å². The molecule has 0 spiro atoms. The summed E-state index contributed by atoms with van der Waals surface area (Å²) in [6.45, 7) is 2.47. The maximum absolute atomic E-state index is 13.5. The van der Waals surface area contributed by atoms with E-state index in [1.54, 1.807) is 18.2 Å². The predicted octanol–water partition coefficient (Wildman–Crippen LogP) is 7.07. The molecule has 1 fully saturated rings. The SMILES string of the molecule is CN1CCC(N(C)C(=O)C2=Cc3c(ncnc3Nc3ccc(Oc4cccc(C(F)(F)F)c4)c(Cl)c3)NCC2)CC1.O=C(O)C(F)(F)F. The molecule has 258 valence electrons. The number of aliphatic carboxylic acids is 1. The van der Waals surface area contributed by atoms with Gasteiger partial charge >= 0.3 is 18.3 Å². The number of ether oxygens (including phenoxy) is 1. The Morgan fingerprint density at radius 1 is 1.08 bits per heavy atom. The molecule has 10 nitrogen and oxygen atoms in total. The highest BCUT2D eigenvalue weighted by atomic mass is 35.5. The number of likely N-dealkylation sites (N-methyl/N-ethyl adjacent to an activating group) is 1. The maximum Gasteiger partial charge on any atom is 0.490 e. The second-order valence-electron chi connectivity index (χ2n) is 11.0. The molecule has 0 aliphatic carbocycles.